The zero-order chi connectivity index (χ0) is 24.8. The Hall–Kier alpha value is -3.12. The van der Waals surface area contributed by atoms with Gasteiger partial charge in [0, 0.05) is 12.7 Å². The highest BCUT2D eigenvalue weighted by molar-refractivity contribution is 6.36. The van der Waals surface area contributed by atoms with Crippen LogP contribution in [0.15, 0.2) is 47.3 Å². The molecule has 0 spiro atoms. The van der Waals surface area contributed by atoms with Crippen LogP contribution < -0.4 is 15.6 Å². The Morgan fingerprint density at radius 1 is 1.03 bits per heavy atom. The summed E-state index contributed by atoms with van der Waals surface area (Å²) in [6.45, 7) is 5.99. The van der Waals surface area contributed by atoms with E-state index in [-0.39, 0.29) is 17.2 Å². The number of pyridine rings is 1. The van der Waals surface area contributed by atoms with Gasteiger partial charge in [-0.05, 0) is 43.0 Å². The van der Waals surface area contributed by atoms with Gasteiger partial charge in [0.05, 0.1) is 21.8 Å². The number of para-hydroxylation sites is 1. The number of ether oxygens (including phenoxy) is 1. The van der Waals surface area contributed by atoms with Crippen LogP contribution in [0.4, 0.5) is 5.69 Å². The summed E-state index contributed by atoms with van der Waals surface area (Å²) < 4.78 is 7.22. The molecule has 1 N–H and O–H groups in total. The maximum atomic E-state index is 13.5. The SMILES string of the molecule is CCCC(CCC)C(=O)Oc1c(C(=O)Nc2ccccc2CC)c(=O)n(C)c2cccc(Cl)c12. The van der Waals surface area contributed by atoms with Gasteiger partial charge in [-0.15, -0.1) is 0 Å². The number of esters is 1. The number of nitrogens with zero attached hydrogens (tertiary/aromatic N) is 1. The Morgan fingerprint density at radius 3 is 2.35 bits per heavy atom. The first-order valence-electron chi connectivity index (χ1n) is 11.8. The van der Waals surface area contributed by atoms with Crippen molar-refractivity contribution in [3.63, 3.8) is 0 Å². The standard InChI is InChI=1S/C27H31ClN2O4/c1-5-11-18(12-6-2)27(33)34-24-22-19(28)14-10-16-21(22)30(4)26(32)23(24)25(31)29-20-15-9-8-13-17(20)7-3/h8-10,13-16,18H,5-7,11-12H2,1-4H3,(H,29,31). The average molecular weight is 483 g/mol. The molecule has 3 rings (SSSR count). The van der Waals surface area contributed by atoms with Gasteiger partial charge >= 0.3 is 5.97 Å². The van der Waals surface area contributed by atoms with Crippen LogP contribution in [-0.4, -0.2) is 16.4 Å². The molecule has 0 aliphatic carbocycles. The molecule has 0 saturated heterocycles. The third-order valence-corrected chi connectivity index (χ3v) is 6.32. The molecule has 0 fully saturated rings. The highest BCUT2D eigenvalue weighted by atomic mass is 35.5. The van der Waals surface area contributed by atoms with Crippen LogP contribution in [0.2, 0.25) is 5.02 Å². The summed E-state index contributed by atoms with van der Waals surface area (Å²) in [5.74, 6) is -1.51. The second-order valence-electron chi connectivity index (χ2n) is 8.36. The fourth-order valence-electron chi connectivity index (χ4n) is 4.21. The number of rotatable bonds is 9. The van der Waals surface area contributed by atoms with Crippen molar-refractivity contribution in [1.82, 2.24) is 4.57 Å². The lowest BCUT2D eigenvalue weighted by molar-refractivity contribution is -0.139. The van der Waals surface area contributed by atoms with Gasteiger partial charge in [-0.2, -0.15) is 0 Å². The number of aromatic nitrogens is 1. The molecule has 0 saturated carbocycles. The Morgan fingerprint density at radius 2 is 1.71 bits per heavy atom. The van der Waals surface area contributed by atoms with Gasteiger partial charge in [0.25, 0.3) is 11.5 Å². The van der Waals surface area contributed by atoms with Gasteiger partial charge in [-0.25, -0.2) is 0 Å². The number of hydrogen-bond donors (Lipinski definition) is 1. The molecule has 1 aromatic heterocycles. The van der Waals surface area contributed by atoms with E-state index in [2.05, 4.69) is 5.32 Å². The molecular weight excluding hydrogens is 452 g/mol. The van der Waals surface area contributed by atoms with Gasteiger partial charge in [0.2, 0.25) is 0 Å². The molecule has 0 aliphatic rings. The van der Waals surface area contributed by atoms with E-state index in [1.54, 1.807) is 31.3 Å². The predicted molar refractivity (Wildman–Crippen MR) is 137 cm³/mol. The van der Waals surface area contributed by atoms with Crippen molar-refractivity contribution in [3.05, 3.63) is 69.0 Å². The third kappa shape index (κ3) is 5.17. The minimum absolute atomic E-state index is 0.0858. The number of nitrogens with one attached hydrogen (secondary N) is 1. The van der Waals surface area contributed by atoms with E-state index in [9.17, 15) is 14.4 Å². The van der Waals surface area contributed by atoms with Gasteiger partial charge in [-0.1, -0.05) is 69.5 Å². The summed E-state index contributed by atoms with van der Waals surface area (Å²) in [6, 6.07) is 12.5. The first-order valence-corrected chi connectivity index (χ1v) is 12.1. The Kier molecular flexibility index (Phi) is 8.51. The number of hydrogen-bond acceptors (Lipinski definition) is 4. The zero-order valence-electron chi connectivity index (χ0n) is 20.1. The lowest BCUT2D eigenvalue weighted by Gasteiger charge is -2.19. The summed E-state index contributed by atoms with van der Waals surface area (Å²) in [7, 11) is 1.57. The number of carbonyl (C=O) groups excluding carboxylic acids is 2. The lowest BCUT2D eigenvalue weighted by atomic mass is 9.98. The van der Waals surface area contributed by atoms with Crippen molar-refractivity contribution in [3.8, 4) is 5.75 Å². The number of halogens is 1. The predicted octanol–water partition coefficient (Wildman–Crippen LogP) is 6.13. The van der Waals surface area contributed by atoms with Crippen molar-refractivity contribution in [1.29, 1.82) is 0 Å². The fraction of sp³-hybridized carbons (Fsp3) is 0.370. The van der Waals surface area contributed by atoms with E-state index in [4.69, 9.17) is 16.3 Å². The van der Waals surface area contributed by atoms with E-state index < -0.39 is 17.4 Å². The topological polar surface area (TPSA) is 77.4 Å². The molecule has 34 heavy (non-hydrogen) atoms. The lowest BCUT2D eigenvalue weighted by Crippen LogP contribution is -2.31. The number of aryl methyl sites for hydroxylation is 2. The van der Waals surface area contributed by atoms with Gasteiger partial charge < -0.3 is 14.6 Å². The number of benzene rings is 2. The molecule has 1 heterocycles. The minimum atomic E-state index is -0.645. The van der Waals surface area contributed by atoms with E-state index in [1.807, 2.05) is 39.0 Å². The van der Waals surface area contributed by atoms with Crippen molar-refractivity contribution in [2.75, 3.05) is 5.32 Å². The minimum Gasteiger partial charge on any atom is -0.424 e. The number of fused-ring (bicyclic) bond motifs is 1. The third-order valence-electron chi connectivity index (χ3n) is 6.01. The number of anilines is 1. The second kappa shape index (κ2) is 11.3. The van der Waals surface area contributed by atoms with E-state index in [1.165, 1.54) is 4.57 Å². The quantitative estimate of drug-likeness (QED) is 0.372. The number of amides is 1. The molecule has 0 aliphatic heterocycles. The van der Waals surface area contributed by atoms with Crippen LogP contribution >= 0.6 is 11.6 Å². The Balaban J connectivity index is 2.19. The molecular formula is C27H31ClN2O4. The summed E-state index contributed by atoms with van der Waals surface area (Å²) in [5.41, 5.74) is 1.20. The molecule has 0 unspecified atom stereocenters. The first-order chi connectivity index (χ1) is 16.3. The highest BCUT2D eigenvalue weighted by Gasteiger charge is 2.28. The van der Waals surface area contributed by atoms with Crippen LogP contribution in [0, 0.1) is 5.92 Å². The van der Waals surface area contributed by atoms with Crippen LogP contribution in [0.25, 0.3) is 10.9 Å². The maximum absolute atomic E-state index is 13.5. The largest absolute Gasteiger partial charge is 0.424 e. The Labute approximate surface area is 204 Å². The average Bonchev–Trinajstić information content (AvgIpc) is 2.82. The summed E-state index contributed by atoms with van der Waals surface area (Å²) in [4.78, 5) is 40.0. The Bertz CT molecular complexity index is 1260. The van der Waals surface area contributed by atoms with Gasteiger partial charge in [0.15, 0.2) is 5.75 Å². The van der Waals surface area contributed by atoms with Crippen LogP contribution in [0.5, 0.6) is 5.75 Å². The summed E-state index contributed by atoms with van der Waals surface area (Å²) >= 11 is 6.52. The van der Waals surface area contributed by atoms with E-state index in [0.717, 1.165) is 18.4 Å². The van der Waals surface area contributed by atoms with Crippen molar-refractivity contribution >= 4 is 40.1 Å². The normalized spacial score (nSPS) is 11.1. The molecule has 2 aromatic carbocycles. The fourth-order valence-corrected chi connectivity index (χ4v) is 4.47. The molecule has 0 radical (unpaired) electrons. The van der Waals surface area contributed by atoms with Crippen molar-refractivity contribution in [2.45, 2.75) is 52.9 Å². The molecule has 1 amide bonds. The first kappa shape index (κ1) is 25.5. The molecule has 0 bridgehead atoms. The van der Waals surface area contributed by atoms with Crippen molar-refractivity contribution in [2.24, 2.45) is 13.0 Å². The zero-order valence-corrected chi connectivity index (χ0v) is 20.9. The monoisotopic (exact) mass is 482 g/mol. The molecule has 3 aromatic rings. The molecule has 180 valence electrons. The van der Waals surface area contributed by atoms with Crippen LogP contribution in [0.3, 0.4) is 0 Å². The van der Waals surface area contributed by atoms with Crippen molar-refractivity contribution < 1.29 is 14.3 Å². The smallest absolute Gasteiger partial charge is 0.314 e. The second-order valence-corrected chi connectivity index (χ2v) is 8.77. The highest BCUT2D eigenvalue weighted by Crippen LogP contribution is 2.35. The molecule has 7 heteroatoms. The van der Waals surface area contributed by atoms with Crippen LogP contribution in [-0.2, 0) is 18.3 Å². The van der Waals surface area contributed by atoms with Gasteiger partial charge in [-0.3, -0.25) is 14.4 Å². The number of carbonyl (C=O) groups is 2. The molecule has 6 nitrogen and oxygen atoms in total. The summed E-state index contributed by atoms with van der Waals surface area (Å²) in [5, 5.41) is 3.49. The van der Waals surface area contributed by atoms with E-state index in [0.29, 0.717) is 40.9 Å². The van der Waals surface area contributed by atoms with Gasteiger partial charge in [0.1, 0.15) is 5.56 Å². The maximum Gasteiger partial charge on any atom is 0.314 e. The summed E-state index contributed by atoms with van der Waals surface area (Å²) in [6.07, 6.45) is 3.66. The van der Waals surface area contributed by atoms with E-state index >= 15 is 0 Å². The molecule has 0 atom stereocenters. The van der Waals surface area contributed by atoms with Crippen LogP contribution in [0.1, 0.15) is 62.4 Å².